The molecule has 0 aliphatic carbocycles. The van der Waals surface area contributed by atoms with Gasteiger partial charge in [-0.25, -0.2) is 9.78 Å². The maximum absolute atomic E-state index is 12.8. The van der Waals surface area contributed by atoms with Gasteiger partial charge in [0.25, 0.3) is 0 Å². The Morgan fingerprint density at radius 1 is 1.17 bits per heavy atom. The van der Waals surface area contributed by atoms with E-state index in [1.54, 1.807) is 29.2 Å². The van der Waals surface area contributed by atoms with Gasteiger partial charge in [-0.1, -0.05) is 0 Å². The highest BCUT2D eigenvalue weighted by molar-refractivity contribution is 5.79. The number of amides is 1. The van der Waals surface area contributed by atoms with E-state index in [4.69, 9.17) is 4.42 Å². The Hall–Kier alpha value is -2.83. The van der Waals surface area contributed by atoms with Crippen molar-refractivity contribution >= 4 is 17.1 Å². The topological polar surface area (TPSA) is 73.3 Å². The Morgan fingerprint density at radius 2 is 2.00 bits per heavy atom. The molecule has 1 amide bonds. The fraction of sp³-hybridized carbons (Fsp3) is 0.353. The quantitative estimate of drug-likeness (QED) is 0.727. The number of imidazole rings is 1. The van der Waals surface area contributed by atoms with E-state index in [0.29, 0.717) is 23.5 Å². The van der Waals surface area contributed by atoms with Crippen LogP contribution in [0, 0.1) is 0 Å². The van der Waals surface area contributed by atoms with Crippen LogP contribution < -0.4 is 5.69 Å². The Kier molecular flexibility index (Phi) is 3.68. The Labute approximate surface area is 138 Å². The molecule has 7 heteroatoms. The van der Waals surface area contributed by atoms with Crippen LogP contribution in [-0.2, 0) is 17.9 Å². The predicted octanol–water partition coefficient (Wildman–Crippen LogP) is 1.46. The van der Waals surface area contributed by atoms with E-state index in [-0.39, 0.29) is 18.1 Å². The van der Waals surface area contributed by atoms with Gasteiger partial charge in [-0.05, 0) is 37.1 Å². The average Bonchev–Trinajstić information content (AvgIpc) is 3.33. The molecule has 4 heterocycles. The van der Waals surface area contributed by atoms with Crippen molar-refractivity contribution in [3.8, 4) is 0 Å². The monoisotopic (exact) mass is 326 g/mol. The summed E-state index contributed by atoms with van der Waals surface area (Å²) in [5.74, 6) is 0.656. The minimum absolute atomic E-state index is 0.0181. The molecule has 0 aromatic carbocycles. The molecular weight excluding hydrogens is 308 g/mol. The summed E-state index contributed by atoms with van der Waals surface area (Å²) < 4.78 is 8.39. The lowest BCUT2D eigenvalue weighted by molar-refractivity contribution is -0.130. The SMILES string of the molecule is O=C(Cn1c(=O)n(Cc2ccco2)c2ncccc21)N1CCCC1. The predicted molar refractivity (Wildman–Crippen MR) is 87.6 cm³/mol. The first-order chi connectivity index (χ1) is 11.7. The molecule has 0 spiro atoms. The van der Waals surface area contributed by atoms with Crippen molar-refractivity contribution in [2.24, 2.45) is 0 Å². The third kappa shape index (κ3) is 2.51. The van der Waals surface area contributed by atoms with Gasteiger partial charge in [-0.2, -0.15) is 0 Å². The molecule has 1 aliphatic heterocycles. The lowest BCUT2D eigenvalue weighted by Gasteiger charge is -2.15. The highest BCUT2D eigenvalue weighted by atomic mass is 16.3. The molecular formula is C17H18N4O3. The number of fused-ring (bicyclic) bond motifs is 1. The number of carbonyl (C=O) groups is 1. The summed E-state index contributed by atoms with van der Waals surface area (Å²) in [7, 11) is 0. The lowest BCUT2D eigenvalue weighted by atomic mass is 10.4. The second kappa shape index (κ2) is 5.99. The van der Waals surface area contributed by atoms with Crippen LogP contribution in [-0.4, -0.2) is 38.0 Å². The highest BCUT2D eigenvalue weighted by Gasteiger charge is 2.22. The van der Waals surface area contributed by atoms with Crippen LogP contribution in [0.2, 0.25) is 0 Å². The summed E-state index contributed by atoms with van der Waals surface area (Å²) in [6.07, 6.45) is 5.28. The highest BCUT2D eigenvalue weighted by Crippen LogP contribution is 2.14. The summed E-state index contributed by atoms with van der Waals surface area (Å²) in [6, 6.07) is 7.19. The molecule has 1 saturated heterocycles. The lowest BCUT2D eigenvalue weighted by Crippen LogP contribution is -2.35. The fourth-order valence-electron chi connectivity index (χ4n) is 3.20. The average molecular weight is 326 g/mol. The van der Waals surface area contributed by atoms with E-state index in [1.807, 2.05) is 17.0 Å². The van der Waals surface area contributed by atoms with E-state index < -0.39 is 0 Å². The van der Waals surface area contributed by atoms with Gasteiger partial charge in [0, 0.05) is 19.3 Å². The Morgan fingerprint density at radius 3 is 2.75 bits per heavy atom. The van der Waals surface area contributed by atoms with Crippen LogP contribution in [0.15, 0.2) is 45.9 Å². The largest absolute Gasteiger partial charge is 0.467 e. The Bertz CT molecular complexity index is 917. The van der Waals surface area contributed by atoms with Gasteiger partial charge in [0.15, 0.2) is 5.65 Å². The summed E-state index contributed by atoms with van der Waals surface area (Å²) >= 11 is 0. The first kappa shape index (κ1) is 14.7. The van der Waals surface area contributed by atoms with E-state index >= 15 is 0 Å². The molecule has 1 fully saturated rings. The number of carbonyl (C=O) groups excluding carboxylic acids is 1. The minimum atomic E-state index is -0.243. The van der Waals surface area contributed by atoms with Crippen LogP contribution >= 0.6 is 0 Å². The summed E-state index contributed by atoms with van der Waals surface area (Å²) in [5.41, 5.74) is 0.988. The smallest absolute Gasteiger partial charge is 0.331 e. The van der Waals surface area contributed by atoms with Gasteiger partial charge in [0.05, 0.1) is 18.3 Å². The summed E-state index contributed by atoms with van der Waals surface area (Å²) in [5, 5.41) is 0. The zero-order chi connectivity index (χ0) is 16.5. The Balaban J connectivity index is 1.73. The van der Waals surface area contributed by atoms with Crippen molar-refractivity contribution < 1.29 is 9.21 Å². The zero-order valence-electron chi connectivity index (χ0n) is 13.2. The second-order valence-corrected chi connectivity index (χ2v) is 5.97. The third-order valence-electron chi connectivity index (χ3n) is 4.42. The van der Waals surface area contributed by atoms with Crippen molar-refractivity contribution in [1.29, 1.82) is 0 Å². The number of rotatable bonds is 4. The molecule has 124 valence electrons. The second-order valence-electron chi connectivity index (χ2n) is 5.97. The number of nitrogens with zero attached hydrogens (tertiary/aromatic N) is 4. The normalized spacial score (nSPS) is 14.6. The molecule has 0 radical (unpaired) electrons. The van der Waals surface area contributed by atoms with E-state index in [2.05, 4.69) is 4.98 Å². The molecule has 0 bridgehead atoms. The van der Waals surface area contributed by atoms with Crippen LogP contribution in [0.3, 0.4) is 0 Å². The van der Waals surface area contributed by atoms with Crippen molar-refractivity contribution in [1.82, 2.24) is 19.0 Å². The molecule has 0 N–H and O–H groups in total. The molecule has 24 heavy (non-hydrogen) atoms. The van der Waals surface area contributed by atoms with Crippen LogP contribution in [0.4, 0.5) is 0 Å². The molecule has 3 aromatic heterocycles. The van der Waals surface area contributed by atoms with Crippen LogP contribution in [0.1, 0.15) is 18.6 Å². The van der Waals surface area contributed by atoms with Crippen molar-refractivity contribution in [2.45, 2.75) is 25.9 Å². The fourth-order valence-corrected chi connectivity index (χ4v) is 3.20. The van der Waals surface area contributed by atoms with Crippen molar-refractivity contribution in [3.63, 3.8) is 0 Å². The van der Waals surface area contributed by atoms with Gasteiger partial charge in [-0.15, -0.1) is 0 Å². The third-order valence-corrected chi connectivity index (χ3v) is 4.42. The molecule has 0 atom stereocenters. The van der Waals surface area contributed by atoms with Crippen LogP contribution in [0.5, 0.6) is 0 Å². The number of furan rings is 1. The number of pyridine rings is 1. The van der Waals surface area contributed by atoms with Gasteiger partial charge < -0.3 is 9.32 Å². The van der Waals surface area contributed by atoms with Gasteiger partial charge in [0.2, 0.25) is 5.91 Å². The maximum atomic E-state index is 12.8. The van der Waals surface area contributed by atoms with E-state index in [9.17, 15) is 9.59 Å². The van der Waals surface area contributed by atoms with E-state index in [0.717, 1.165) is 25.9 Å². The molecule has 0 saturated carbocycles. The number of likely N-dealkylation sites (tertiary alicyclic amines) is 1. The van der Waals surface area contributed by atoms with Gasteiger partial charge in [0.1, 0.15) is 12.3 Å². The number of aromatic nitrogens is 3. The minimum Gasteiger partial charge on any atom is -0.467 e. The first-order valence-corrected chi connectivity index (χ1v) is 8.08. The van der Waals surface area contributed by atoms with Crippen molar-refractivity contribution in [2.75, 3.05) is 13.1 Å². The molecule has 3 aromatic rings. The van der Waals surface area contributed by atoms with E-state index in [1.165, 1.54) is 4.57 Å². The van der Waals surface area contributed by atoms with Crippen molar-refractivity contribution in [3.05, 3.63) is 53.0 Å². The maximum Gasteiger partial charge on any atom is 0.331 e. The van der Waals surface area contributed by atoms with Gasteiger partial charge >= 0.3 is 5.69 Å². The summed E-state index contributed by atoms with van der Waals surface area (Å²) in [6.45, 7) is 1.89. The first-order valence-electron chi connectivity index (χ1n) is 8.08. The summed E-state index contributed by atoms with van der Waals surface area (Å²) in [4.78, 5) is 31.4. The van der Waals surface area contributed by atoms with Crippen LogP contribution in [0.25, 0.3) is 11.2 Å². The molecule has 0 unspecified atom stereocenters. The number of hydrogen-bond acceptors (Lipinski definition) is 4. The number of hydrogen-bond donors (Lipinski definition) is 0. The molecule has 4 rings (SSSR count). The standard InChI is InChI=1S/C17H18N4O3/c22-15(19-8-1-2-9-19)12-20-14-6-3-7-18-16(14)21(17(20)23)11-13-5-4-10-24-13/h3-7,10H,1-2,8-9,11-12H2. The molecule has 1 aliphatic rings. The van der Waals surface area contributed by atoms with Gasteiger partial charge in [-0.3, -0.25) is 13.9 Å². The zero-order valence-corrected chi connectivity index (χ0v) is 13.2. The molecule has 7 nitrogen and oxygen atoms in total.